The van der Waals surface area contributed by atoms with Gasteiger partial charge in [-0.2, -0.15) is 0 Å². The highest BCUT2D eigenvalue weighted by Gasteiger charge is 2.57. The van der Waals surface area contributed by atoms with Gasteiger partial charge in [-0.3, -0.25) is 0 Å². The number of rotatable bonds is 5. The van der Waals surface area contributed by atoms with Crippen LogP contribution in [0.25, 0.3) is 11.1 Å². The summed E-state index contributed by atoms with van der Waals surface area (Å²) in [4.78, 5) is 0. The molecule has 1 nitrogen and oxygen atoms in total. The molecule has 23 heavy (non-hydrogen) atoms. The minimum Gasteiger partial charge on any atom is -0.464 e. The van der Waals surface area contributed by atoms with Gasteiger partial charge in [0.05, 0.1) is 0 Å². The van der Waals surface area contributed by atoms with Crippen LogP contribution in [-0.2, 0) is 0 Å². The highest BCUT2D eigenvalue weighted by Crippen LogP contribution is 2.60. The summed E-state index contributed by atoms with van der Waals surface area (Å²) in [6.07, 6.45) is 0. The maximum Gasteiger partial charge on any atom is 0.244 e. The van der Waals surface area contributed by atoms with Gasteiger partial charge < -0.3 is 4.74 Å². The first kappa shape index (κ1) is 20.4. The quantitative estimate of drug-likeness (QED) is 0.287. The van der Waals surface area contributed by atoms with Crippen molar-refractivity contribution in [1.82, 2.24) is 0 Å². The van der Waals surface area contributed by atoms with E-state index in [4.69, 9.17) is 4.74 Å². The smallest absolute Gasteiger partial charge is 0.244 e. The lowest BCUT2D eigenvalue weighted by atomic mass is 10.1. The molecule has 0 N–H and O–H groups in total. The van der Waals surface area contributed by atoms with Gasteiger partial charge in [-0.05, 0) is 62.0 Å². The van der Waals surface area contributed by atoms with E-state index in [1.807, 2.05) is 43.3 Å². The maximum atomic E-state index is 6.13. The first-order valence-corrected chi connectivity index (χ1v) is 11.3. The van der Waals surface area contributed by atoms with E-state index in [9.17, 15) is 0 Å². The zero-order chi connectivity index (χ0) is 17.3. The SMILES string of the molecule is CC(Br)(Br)C(Br)(Br)C(Br)(Br)Oc1cccc(-c2ccccc2)c1. The standard InChI is InChI=1S/C16H12Br6O/c1-14(17,18)15(19,20)16(21,22)23-13-9-5-8-12(10-13)11-6-3-2-4-7-11/h2-10H,1H3. The van der Waals surface area contributed by atoms with E-state index in [1.165, 1.54) is 0 Å². The largest absolute Gasteiger partial charge is 0.464 e. The van der Waals surface area contributed by atoms with Crippen LogP contribution in [0.4, 0.5) is 0 Å². The van der Waals surface area contributed by atoms with Gasteiger partial charge in [0.15, 0.2) is 3.23 Å². The Morgan fingerprint density at radius 3 is 1.87 bits per heavy atom. The topological polar surface area (TPSA) is 9.23 Å². The number of benzene rings is 2. The number of ether oxygens (including phenoxy) is 1. The molecule has 0 unspecified atom stereocenters. The molecule has 2 aromatic carbocycles. The van der Waals surface area contributed by atoms with Gasteiger partial charge in [0, 0.05) is 0 Å². The summed E-state index contributed by atoms with van der Waals surface area (Å²) in [5.74, 6) is 0.729. The molecular weight excluding hydrogens is 688 g/mol. The summed E-state index contributed by atoms with van der Waals surface area (Å²) in [6.45, 7) is 1.96. The molecule has 0 atom stereocenters. The molecule has 0 radical (unpaired) electrons. The Morgan fingerprint density at radius 2 is 1.30 bits per heavy atom. The van der Waals surface area contributed by atoms with Gasteiger partial charge in [0.1, 0.15) is 8.98 Å². The van der Waals surface area contributed by atoms with Crippen LogP contribution in [0.3, 0.4) is 0 Å². The van der Waals surface area contributed by atoms with Crippen LogP contribution in [-0.4, -0.2) is 9.89 Å². The molecule has 0 bridgehead atoms. The predicted molar refractivity (Wildman–Crippen MR) is 120 cm³/mol. The predicted octanol–water partition coefficient (Wildman–Crippen LogP) is 8.17. The van der Waals surface area contributed by atoms with Crippen LogP contribution < -0.4 is 4.74 Å². The third-order valence-electron chi connectivity index (χ3n) is 3.10. The Morgan fingerprint density at radius 1 is 0.739 bits per heavy atom. The fourth-order valence-electron chi connectivity index (χ4n) is 1.84. The zero-order valence-electron chi connectivity index (χ0n) is 11.9. The van der Waals surface area contributed by atoms with Crippen molar-refractivity contribution < 1.29 is 4.74 Å². The fourth-order valence-corrected chi connectivity index (χ4v) is 4.79. The van der Waals surface area contributed by atoms with Crippen molar-refractivity contribution in [1.29, 1.82) is 0 Å². The molecule has 0 spiro atoms. The Labute approximate surface area is 186 Å². The molecule has 0 aromatic heterocycles. The lowest BCUT2D eigenvalue weighted by molar-refractivity contribution is 0.258. The number of alkyl halides is 6. The summed E-state index contributed by atoms with van der Waals surface area (Å²) in [5, 5.41) is 0. The number of hydrogen-bond acceptors (Lipinski definition) is 1. The molecule has 0 saturated heterocycles. The van der Waals surface area contributed by atoms with Gasteiger partial charge in [0.2, 0.25) is 3.42 Å². The van der Waals surface area contributed by atoms with Crippen molar-refractivity contribution >= 4 is 95.6 Å². The Hall–Kier alpha value is 1.12. The zero-order valence-corrected chi connectivity index (χ0v) is 21.4. The first-order chi connectivity index (χ1) is 10.5. The molecule has 0 amide bonds. The summed E-state index contributed by atoms with van der Waals surface area (Å²) >= 11 is 21.7. The third-order valence-corrected chi connectivity index (χ3v) is 12.8. The molecule has 0 fully saturated rings. The van der Waals surface area contributed by atoms with Gasteiger partial charge in [-0.1, -0.05) is 106 Å². The van der Waals surface area contributed by atoms with Crippen molar-refractivity contribution in [2.45, 2.75) is 16.8 Å². The lowest BCUT2D eigenvalue weighted by Gasteiger charge is -2.41. The summed E-state index contributed by atoms with van der Waals surface area (Å²) in [5.41, 5.74) is 2.23. The Bertz CT molecular complexity index is 664. The van der Waals surface area contributed by atoms with Gasteiger partial charge >= 0.3 is 0 Å². The number of halogens is 6. The molecule has 0 saturated carbocycles. The molecule has 0 heterocycles. The van der Waals surface area contributed by atoms with Crippen LogP contribution in [0.1, 0.15) is 6.92 Å². The van der Waals surface area contributed by atoms with Crippen LogP contribution in [0, 0.1) is 0 Å². The van der Waals surface area contributed by atoms with E-state index in [0.29, 0.717) is 0 Å². The van der Waals surface area contributed by atoms with Crippen LogP contribution >= 0.6 is 95.6 Å². The molecule has 2 rings (SSSR count). The summed E-state index contributed by atoms with van der Waals surface area (Å²) in [7, 11) is 0. The van der Waals surface area contributed by atoms with Crippen LogP contribution in [0.15, 0.2) is 54.6 Å². The van der Waals surface area contributed by atoms with Gasteiger partial charge in [-0.25, -0.2) is 0 Å². The second-order valence-corrected chi connectivity index (χ2v) is 16.0. The second-order valence-electron chi connectivity index (χ2n) is 4.98. The summed E-state index contributed by atoms with van der Waals surface area (Å²) < 4.78 is 4.04. The average Bonchev–Trinajstić information content (AvgIpc) is 2.46. The van der Waals surface area contributed by atoms with Gasteiger partial charge in [0.25, 0.3) is 0 Å². The molecule has 124 valence electrons. The lowest BCUT2D eigenvalue weighted by Crippen LogP contribution is -2.49. The van der Waals surface area contributed by atoms with Crippen LogP contribution in [0.5, 0.6) is 5.75 Å². The minimum absolute atomic E-state index is 0.489. The highest BCUT2D eigenvalue weighted by atomic mass is 79.9. The van der Waals surface area contributed by atoms with E-state index in [0.717, 1.165) is 16.9 Å². The Kier molecular flexibility index (Phi) is 6.92. The normalized spacial score (nSPS) is 13.0. The van der Waals surface area contributed by atoms with E-state index >= 15 is 0 Å². The van der Waals surface area contributed by atoms with E-state index in [2.05, 4.69) is 114 Å². The molecule has 7 heteroatoms. The fraction of sp³-hybridized carbons (Fsp3) is 0.250. The molecule has 0 aliphatic rings. The maximum absolute atomic E-state index is 6.13. The van der Waals surface area contributed by atoms with E-state index in [1.54, 1.807) is 0 Å². The Balaban J connectivity index is 2.31. The van der Waals surface area contributed by atoms with Crippen LogP contribution in [0.2, 0.25) is 0 Å². The monoisotopic (exact) mass is 694 g/mol. The first-order valence-electron chi connectivity index (χ1n) is 6.52. The highest BCUT2D eigenvalue weighted by molar-refractivity contribution is 9.33. The van der Waals surface area contributed by atoms with Crippen molar-refractivity contribution in [3.63, 3.8) is 0 Å². The van der Waals surface area contributed by atoms with E-state index in [-0.39, 0.29) is 0 Å². The summed E-state index contributed by atoms with van der Waals surface area (Å²) in [6, 6.07) is 18.1. The second kappa shape index (κ2) is 7.78. The third kappa shape index (κ3) is 4.85. The molecule has 0 aliphatic carbocycles. The number of hydrogen-bond donors (Lipinski definition) is 0. The van der Waals surface area contributed by atoms with Crippen molar-refractivity contribution in [3.05, 3.63) is 54.6 Å². The van der Waals surface area contributed by atoms with Crippen molar-refractivity contribution in [2.24, 2.45) is 0 Å². The molecule has 0 aliphatic heterocycles. The van der Waals surface area contributed by atoms with Crippen molar-refractivity contribution in [3.8, 4) is 16.9 Å². The molecule has 2 aromatic rings. The molecular formula is C16H12Br6O. The van der Waals surface area contributed by atoms with Gasteiger partial charge in [-0.15, -0.1) is 0 Å². The van der Waals surface area contributed by atoms with Crippen molar-refractivity contribution in [2.75, 3.05) is 0 Å². The average molecular weight is 700 g/mol. The minimum atomic E-state index is -0.913. The van der Waals surface area contributed by atoms with E-state index < -0.39 is 9.89 Å².